The number of hydrogen-bond acceptors (Lipinski definition) is 4. The predicted octanol–water partition coefficient (Wildman–Crippen LogP) is 1.30. The molecule has 0 saturated carbocycles. The van der Waals surface area contributed by atoms with E-state index in [0.29, 0.717) is 5.75 Å². The summed E-state index contributed by atoms with van der Waals surface area (Å²) < 4.78 is 10.5. The molecular weight excluding hydrogens is 242 g/mol. The number of halogens is 1. The molecule has 1 heterocycles. The van der Waals surface area contributed by atoms with Gasteiger partial charge in [0.1, 0.15) is 0 Å². The van der Waals surface area contributed by atoms with Gasteiger partial charge in [0.25, 0.3) is 0 Å². The fraction of sp³-hybridized carbons (Fsp3) is 0.500. The van der Waals surface area contributed by atoms with Crippen molar-refractivity contribution in [2.75, 3.05) is 27.4 Å². The highest BCUT2D eigenvalue weighted by Gasteiger charge is 2.21. The minimum atomic E-state index is 0. The van der Waals surface area contributed by atoms with Crippen LogP contribution in [0.4, 0.5) is 0 Å². The summed E-state index contributed by atoms with van der Waals surface area (Å²) in [7, 11) is 3.25. The first-order valence-corrected chi connectivity index (χ1v) is 5.39. The van der Waals surface area contributed by atoms with Crippen LogP contribution in [0.3, 0.4) is 0 Å². The van der Waals surface area contributed by atoms with E-state index in [9.17, 15) is 5.11 Å². The summed E-state index contributed by atoms with van der Waals surface area (Å²) in [6.45, 7) is 0.982. The first-order valence-electron chi connectivity index (χ1n) is 5.39. The van der Waals surface area contributed by atoms with Gasteiger partial charge in [0.05, 0.1) is 26.9 Å². The van der Waals surface area contributed by atoms with Crippen LogP contribution in [0.1, 0.15) is 17.2 Å². The summed E-state index contributed by atoms with van der Waals surface area (Å²) in [6.07, 6.45) is 0.951. The molecule has 0 radical (unpaired) electrons. The average molecular weight is 260 g/mol. The third kappa shape index (κ3) is 2.65. The van der Waals surface area contributed by atoms with Crippen molar-refractivity contribution in [3.8, 4) is 11.5 Å². The van der Waals surface area contributed by atoms with Gasteiger partial charge in [-0.3, -0.25) is 0 Å². The molecule has 4 nitrogen and oxygen atoms in total. The molecule has 0 spiro atoms. The molecule has 0 aromatic heterocycles. The van der Waals surface area contributed by atoms with Crippen molar-refractivity contribution >= 4 is 12.4 Å². The van der Waals surface area contributed by atoms with Crippen LogP contribution in [0.15, 0.2) is 12.1 Å². The largest absolute Gasteiger partial charge is 0.493 e. The highest BCUT2D eigenvalue weighted by Crippen LogP contribution is 2.34. The molecule has 0 saturated heterocycles. The molecule has 5 heteroatoms. The molecular formula is C12H18ClNO3. The number of aliphatic hydroxyl groups excluding tert-OH is 1. The van der Waals surface area contributed by atoms with E-state index in [1.807, 2.05) is 12.1 Å². The fourth-order valence-electron chi connectivity index (χ4n) is 2.13. The van der Waals surface area contributed by atoms with Crippen molar-refractivity contribution in [3.05, 3.63) is 23.3 Å². The summed E-state index contributed by atoms with van der Waals surface area (Å²) in [4.78, 5) is 0. The van der Waals surface area contributed by atoms with E-state index in [1.165, 1.54) is 5.56 Å². The Bertz CT molecular complexity index is 384. The van der Waals surface area contributed by atoms with E-state index in [-0.39, 0.29) is 25.1 Å². The second-order valence-electron chi connectivity index (χ2n) is 3.85. The molecule has 17 heavy (non-hydrogen) atoms. The summed E-state index contributed by atoms with van der Waals surface area (Å²) in [5.41, 5.74) is 2.32. The monoisotopic (exact) mass is 259 g/mol. The lowest BCUT2D eigenvalue weighted by Gasteiger charge is -2.26. The zero-order chi connectivity index (χ0) is 11.5. The van der Waals surface area contributed by atoms with E-state index >= 15 is 0 Å². The molecule has 1 aliphatic rings. The molecule has 0 fully saturated rings. The van der Waals surface area contributed by atoms with Crippen LogP contribution in [0.5, 0.6) is 11.5 Å². The normalized spacial score (nSPS) is 17.9. The molecule has 2 N–H and O–H groups in total. The van der Waals surface area contributed by atoms with Gasteiger partial charge in [-0.15, -0.1) is 12.4 Å². The third-order valence-corrected chi connectivity index (χ3v) is 2.99. The van der Waals surface area contributed by atoms with Gasteiger partial charge < -0.3 is 19.9 Å². The fourth-order valence-corrected chi connectivity index (χ4v) is 2.13. The number of benzene rings is 1. The lowest BCUT2D eigenvalue weighted by molar-refractivity contribution is 0.239. The maximum atomic E-state index is 9.29. The van der Waals surface area contributed by atoms with Crippen molar-refractivity contribution in [3.63, 3.8) is 0 Å². The Hall–Kier alpha value is -0.970. The van der Waals surface area contributed by atoms with Gasteiger partial charge in [-0.2, -0.15) is 0 Å². The van der Waals surface area contributed by atoms with Crippen molar-refractivity contribution in [1.82, 2.24) is 5.32 Å². The van der Waals surface area contributed by atoms with E-state index in [4.69, 9.17) is 9.47 Å². The van der Waals surface area contributed by atoms with Crippen LogP contribution in [0.2, 0.25) is 0 Å². The minimum Gasteiger partial charge on any atom is -0.493 e. The smallest absolute Gasteiger partial charge is 0.161 e. The topological polar surface area (TPSA) is 50.7 Å². The third-order valence-electron chi connectivity index (χ3n) is 2.99. The Labute approximate surface area is 107 Å². The van der Waals surface area contributed by atoms with Crippen LogP contribution >= 0.6 is 12.4 Å². The quantitative estimate of drug-likeness (QED) is 0.859. The Morgan fingerprint density at radius 1 is 1.29 bits per heavy atom. The summed E-state index contributed by atoms with van der Waals surface area (Å²) in [5, 5.41) is 12.6. The van der Waals surface area contributed by atoms with E-state index in [2.05, 4.69) is 5.32 Å². The van der Waals surface area contributed by atoms with Crippen LogP contribution in [-0.4, -0.2) is 32.5 Å². The molecule has 1 atom stereocenters. The van der Waals surface area contributed by atoms with Gasteiger partial charge in [0, 0.05) is 0 Å². The van der Waals surface area contributed by atoms with Crippen LogP contribution in [-0.2, 0) is 6.42 Å². The maximum absolute atomic E-state index is 9.29. The highest BCUT2D eigenvalue weighted by molar-refractivity contribution is 5.85. The lowest BCUT2D eigenvalue weighted by atomic mass is 9.94. The predicted molar refractivity (Wildman–Crippen MR) is 68.3 cm³/mol. The number of nitrogens with one attached hydrogen (secondary N) is 1. The van der Waals surface area contributed by atoms with E-state index in [0.717, 1.165) is 24.3 Å². The van der Waals surface area contributed by atoms with Gasteiger partial charge in [-0.05, 0) is 36.2 Å². The van der Waals surface area contributed by atoms with Crippen LogP contribution < -0.4 is 14.8 Å². The average Bonchev–Trinajstić information content (AvgIpc) is 2.36. The molecule has 1 aromatic rings. The Morgan fingerprint density at radius 3 is 2.53 bits per heavy atom. The molecule has 2 rings (SSSR count). The summed E-state index contributed by atoms with van der Waals surface area (Å²) >= 11 is 0. The van der Waals surface area contributed by atoms with Crippen molar-refractivity contribution in [2.45, 2.75) is 12.5 Å². The Kier molecular flexibility index (Phi) is 5.05. The molecule has 0 aliphatic carbocycles. The minimum absolute atomic E-state index is 0. The van der Waals surface area contributed by atoms with Gasteiger partial charge >= 0.3 is 0 Å². The van der Waals surface area contributed by atoms with Crippen molar-refractivity contribution in [2.24, 2.45) is 0 Å². The standard InChI is InChI=1S/C12H17NO3.ClH/c1-15-11-5-8-3-4-13-10(7-14)9(8)6-12(11)16-2;/h5-6,10,13-14H,3-4,7H2,1-2H3;1H/t10-;/m1./s1. The summed E-state index contributed by atoms with van der Waals surface area (Å²) in [5.74, 6) is 1.46. The second kappa shape index (κ2) is 6.10. The second-order valence-corrected chi connectivity index (χ2v) is 3.85. The Balaban J connectivity index is 0.00000144. The molecule has 1 aliphatic heterocycles. The van der Waals surface area contributed by atoms with Gasteiger partial charge in [0.2, 0.25) is 0 Å². The SMILES string of the molecule is COc1cc2c(cc1OC)[C@@H](CO)NCC2.Cl. The molecule has 0 bridgehead atoms. The number of aliphatic hydroxyl groups is 1. The van der Waals surface area contributed by atoms with Gasteiger partial charge in [-0.1, -0.05) is 0 Å². The maximum Gasteiger partial charge on any atom is 0.161 e. The van der Waals surface area contributed by atoms with Crippen LogP contribution in [0, 0.1) is 0 Å². The highest BCUT2D eigenvalue weighted by atomic mass is 35.5. The Morgan fingerprint density at radius 2 is 1.94 bits per heavy atom. The van der Waals surface area contributed by atoms with Crippen LogP contribution in [0.25, 0.3) is 0 Å². The van der Waals surface area contributed by atoms with Gasteiger partial charge in [-0.25, -0.2) is 0 Å². The summed E-state index contributed by atoms with van der Waals surface area (Å²) in [6, 6.07) is 3.95. The molecule has 0 amide bonds. The number of fused-ring (bicyclic) bond motifs is 1. The first kappa shape index (κ1) is 14.1. The lowest BCUT2D eigenvalue weighted by Crippen LogP contribution is -2.32. The van der Waals surface area contributed by atoms with E-state index < -0.39 is 0 Å². The zero-order valence-corrected chi connectivity index (χ0v) is 10.8. The molecule has 96 valence electrons. The molecule has 1 aromatic carbocycles. The van der Waals surface area contributed by atoms with Crippen molar-refractivity contribution in [1.29, 1.82) is 0 Å². The number of hydrogen-bond donors (Lipinski definition) is 2. The molecule has 0 unspecified atom stereocenters. The first-order chi connectivity index (χ1) is 7.80. The number of methoxy groups -OCH3 is 2. The number of rotatable bonds is 3. The zero-order valence-electron chi connectivity index (χ0n) is 10.0. The van der Waals surface area contributed by atoms with E-state index in [1.54, 1.807) is 14.2 Å². The number of ether oxygens (including phenoxy) is 2. The van der Waals surface area contributed by atoms with Gasteiger partial charge in [0.15, 0.2) is 11.5 Å². The van der Waals surface area contributed by atoms with Crippen molar-refractivity contribution < 1.29 is 14.6 Å².